The Morgan fingerprint density at radius 1 is 1.32 bits per heavy atom. The second kappa shape index (κ2) is 5.49. The summed E-state index contributed by atoms with van der Waals surface area (Å²) >= 11 is 0. The van der Waals surface area contributed by atoms with Gasteiger partial charge < -0.3 is 14.6 Å². The van der Waals surface area contributed by atoms with Crippen LogP contribution in [0.15, 0.2) is 41.0 Å². The molecule has 0 amide bonds. The number of anilines is 1. The Kier molecular flexibility index (Phi) is 3.56. The van der Waals surface area contributed by atoms with Gasteiger partial charge in [-0.2, -0.15) is 0 Å². The highest BCUT2D eigenvalue weighted by Gasteiger charge is 2.19. The summed E-state index contributed by atoms with van der Waals surface area (Å²) in [6.07, 6.45) is 3.00. The number of rotatable bonds is 5. The fourth-order valence-corrected chi connectivity index (χ4v) is 2.63. The molecule has 1 aromatic heterocycles. The van der Waals surface area contributed by atoms with Gasteiger partial charge in [0.05, 0.1) is 12.8 Å². The smallest absolute Gasteiger partial charge is 0.123 e. The van der Waals surface area contributed by atoms with E-state index in [0.29, 0.717) is 0 Å². The fraction of sp³-hybridized carbons (Fsp3) is 0.375. The zero-order valence-electron chi connectivity index (χ0n) is 11.4. The first-order chi connectivity index (χ1) is 9.36. The van der Waals surface area contributed by atoms with E-state index in [0.717, 1.165) is 38.4 Å². The first-order valence-corrected chi connectivity index (χ1v) is 6.96. The third-order valence-electron chi connectivity index (χ3n) is 3.62. The Morgan fingerprint density at radius 3 is 3.11 bits per heavy atom. The molecule has 2 heterocycles. The quantitative estimate of drug-likeness (QED) is 0.891. The Bertz CT molecular complexity index is 547. The average molecular weight is 256 g/mol. The Balaban J connectivity index is 1.68. The zero-order chi connectivity index (χ0) is 13.1. The molecule has 1 aromatic carbocycles. The van der Waals surface area contributed by atoms with E-state index < -0.39 is 0 Å². The number of nitrogens with zero attached hydrogens (tertiary/aromatic N) is 1. The number of hydrogen-bond acceptors (Lipinski definition) is 3. The van der Waals surface area contributed by atoms with Crippen LogP contribution < -0.4 is 10.2 Å². The summed E-state index contributed by atoms with van der Waals surface area (Å²) in [7, 11) is 0. The molecule has 0 saturated heterocycles. The van der Waals surface area contributed by atoms with Crippen LogP contribution in [0.4, 0.5) is 5.69 Å². The van der Waals surface area contributed by atoms with Gasteiger partial charge in [0.1, 0.15) is 5.76 Å². The predicted octanol–water partition coefficient (Wildman–Crippen LogP) is 2.95. The lowest BCUT2D eigenvalue weighted by atomic mass is 10.2. The highest BCUT2D eigenvalue weighted by Crippen LogP contribution is 2.29. The van der Waals surface area contributed by atoms with Gasteiger partial charge in [0.25, 0.3) is 0 Å². The van der Waals surface area contributed by atoms with E-state index in [9.17, 15) is 0 Å². The van der Waals surface area contributed by atoms with Crippen LogP contribution in [0.5, 0.6) is 0 Å². The summed E-state index contributed by atoms with van der Waals surface area (Å²) < 4.78 is 5.66. The van der Waals surface area contributed by atoms with Crippen molar-refractivity contribution in [2.24, 2.45) is 0 Å². The monoisotopic (exact) mass is 256 g/mol. The maximum absolute atomic E-state index is 5.66. The Labute approximate surface area is 114 Å². The molecule has 1 N–H and O–H groups in total. The van der Waals surface area contributed by atoms with Gasteiger partial charge in [-0.05, 0) is 30.7 Å². The van der Waals surface area contributed by atoms with Crippen molar-refractivity contribution in [2.45, 2.75) is 26.4 Å². The summed E-state index contributed by atoms with van der Waals surface area (Å²) in [5.74, 6) is 1.05. The predicted molar refractivity (Wildman–Crippen MR) is 77.3 cm³/mol. The molecule has 0 radical (unpaired) electrons. The van der Waals surface area contributed by atoms with Gasteiger partial charge in [-0.3, -0.25) is 0 Å². The molecule has 0 fully saturated rings. The first kappa shape index (κ1) is 12.3. The average Bonchev–Trinajstić information content (AvgIpc) is 3.05. The van der Waals surface area contributed by atoms with Crippen LogP contribution >= 0.6 is 0 Å². The maximum Gasteiger partial charge on any atom is 0.123 e. The van der Waals surface area contributed by atoms with Crippen LogP contribution in [0.1, 0.15) is 23.8 Å². The van der Waals surface area contributed by atoms with E-state index in [1.165, 1.54) is 16.8 Å². The molecule has 100 valence electrons. The number of para-hydroxylation sites is 1. The summed E-state index contributed by atoms with van der Waals surface area (Å²) in [5.41, 5.74) is 4.03. The second-order valence-corrected chi connectivity index (χ2v) is 5.00. The molecule has 0 unspecified atom stereocenters. The summed E-state index contributed by atoms with van der Waals surface area (Å²) in [6.45, 7) is 5.94. The second-order valence-electron chi connectivity index (χ2n) is 5.00. The molecule has 3 rings (SSSR count). The number of furan rings is 1. The van der Waals surface area contributed by atoms with Gasteiger partial charge in [0.2, 0.25) is 0 Å². The number of benzene rings is 1. The molecular weight excluding hydrogens is 236 g/mol. The minimum Gasteiger partial charge on any atom is -0.467 e. The van der Waals surface area contributed by atoms with E-state index in [1.54, 1.807) is 0 Å². The molecule has 19 heavy (non-hydrogen) atoms. The molecule has 1 aliphatic rings. The summed E-state index contributed by atoms with van der Waals surface area (Å²) in [6, 6.07) is 10.8. The minimum atomic E-state index is 0.864. The molecule has 0 aliphatic carbocycles. The van der Waals surface area contributed by atoms with Crippen LogP contribution in [0, 0.1) is 0 Å². The topological polar surface area (TPSA) is 28.4 Å². The van der Waals surface area contributed by atoms with Gasteiger partial charge in [0, 0.05) is 24.3 Å². The molecule has 0 spiro atoms. The van der Waals surface area contributed by atoms with Gasteiger partial charge in [-0.15, -0.1) is 0 Å². The van der Waals surface area contributed by atoms with E-state index >= 15 is 0 Å². The fourth-order valence-electron chi connectivity index (χ4n) is 2.63. The minimum absolute atomic E-state index is 0.864. The highest BCUT2D eigenvalue weighted by molar-refractivity contribution is 5.57. The van der Waals surface area contributed by atoms with Crippen molar-refractivity contribution in [3.8, 4) is 0 Å². The lowest BCUT2D eigenvalue weighted by Crippen LogP contribution is -2.19. The van der Waals surface area contributed by atoms with Crippen LogP contribution in [-0.4, -0.2) is 13.1 Å². The van der Waals surface area contributed by atoms with E-state index in [4.69, 9.17) is 4.42 Å². The number of nitrogens with one attached hydrogen (secondary N) is 1. The van der Waals surface area contributed by atoms with Crippen LogP contribution in [0.25, 0.3) is 0 Å². The third kappa shape index (κ3) is 2.66. The Morgan fingerprint density at radius 2 is 2.21 bits per heavy atom. The van der Waals surface area contributed by atoms with Gasteiger partial charge in [-0.1, -0.05) is 25.1 Å². The van der Waals surface area contributed by atoms with Gasteiger partial charge in [-0.25, -0.2) is 0 Å². The van der Waals surface area contributed by atoms with Crippen LogP contribution in [-0.2, 0) is 19.5 Å². The van der Waals surface area contributed by atoms with E-state index in [1.807, 2.05) is 6.26 Å². The van der Waals surface area contributed by atoms with Crippen LogP contribution in [0.3, 0.4) is 0 Å². The van der Waals surface area contributed by atoms with Crippen molar-refractivity contribution in [1.82, 2.24) is 5.32 Å². The largest absolute Gasteiger partial charge is 0.467 e. The van der Waals surface area contributed by atoms with Crippen molar-refractivity contribution in [1.29, 1.82) is 0 Å². The summed E-state index contributed by atoms with van der Waals surface area (Å²) in [4.78, 5) is 2.39. The lowest BCUT2D eigenvalue weighted by molar-refractivity contribution is 0.502. The van der Waals surface area contributed by atoms with Gasteiger partial charge >= 0.3 is 0 Å². The zero-order valence-corrected chi connectivity index (χ0v) is 11.4. The molecular formula is C16H20N2O. The van der Waals surface area contributed by atoms with Crippen LogP contribution in [0.2, 0.25) is 0 Å². The lowest BCUT2D eigenvalue weighted by Gasteiger charge is -2.17. The van der Waals surface area contributed by atoms with Crippen molar-refractivity contribution in [2.75, 3.05) is 18.0 Å². The van der Waals surface area contributed by atoms with Crippen molar-refractivity contribution < 1.29 is 4.42 Å². The first-order valence-electron chi connectivity index (χ1n) is 6.96. The molecule has 3 nitrogen and oxygen atoms in total. The maximum atomic E-state index is 5.66. The number of fused-ring (bicyclic) bond motifs is 1. The number of hydrogen-bond donors (Lipinski definition) is 1. The molecule has 0 bridgehead atoms. The van der Waals surface area contributed by atoms with Crippen molar-refractivity contribution in [3.63, 3.8) is 0 Å². The van der Waals surface area contributed by atoms with E-state index in [2.05, 4.69) is 47.5 Å². The molecule has 2 aromatic rings. The van der Waals surface area contributed by atoms with E-state index in [-0.39, 0.29) is 0 Å². The molecule has 1 aliphatic heterocycles. The Hall–Kier alpha value is -1.74. The molecule has 0 atom stereocenters. The third-order valence-corrected chi connectivity index (χ3v) is 3.62. The molecule has 3 heteroatoms. The molecule has 0 saturated carbocycles. The SMILES string of the molecule is CCNCc1coc(CN2CCc3ccccc32)c1. The van der Waals surface area contributed by atoms with Crippen molar-refractivity contribution in [3.05, 3.63) is 53.5 Å². The highest BCUT2D eigenvalue weighted by atomic mass is 16.3. The van der Waals surface area contributed by atoms with Gasteiger partial charge in [0.15, 0.2) is 0 Å². The standard InChI is InChI=1S/C16H20N2O/c1-2-17-10-13-9-15(19-12-13)11-18-8-7-14-5-3-4-6-16(14)18/h3-6,9,12,17H,2,7-8,10-11H2,1H3. The normalized spacial score (nSPS) is 13.8. The van der Waals surface area contributed by atoms with Crippen molar-refractivity contribution >= 4 is 5.69 Å². The summed E-state index contributed by atoms with van der Waals surface area (Å²) in [5, 5.41) is 3.31.